The summed E-state index contributed by atoms with van der Waals surface area (Å²) in [6.45, 7) is -0.118. The van der Waals surface area contributed by atoms with E-state index in [1.165, 1.54) is 36.4 Å². The molecule has 13 heteroatoms. The van der Waals surface area contributed by atoms with E-state index < -0.39 is 39.2 Å². The molecule has 0 spiro atoms. The number of pyridine rings is 1. The van der Waals surface area contributed by atoms with Crippen LogP contribution in [-0.4, -0.2) is 41.3 Å². The number of carbonyl (C=O) groups excluding carboxylic acids is 2. The smallest absolute Gasteiger partial charge is 0.364 e. The molecular formula is C23H18F3N5O4S. The van der Waals surface area contributed by atoms with Crippen LogP contribution >= 0.6 is 0 Å². The molecule has 4 rings (SSSR count). The van der Waals surface area contributed by atoms with Crippen molar-refractivity contribution in [3.63, 3.8) is 0 Å². The number of nitrogens with zero attached hydrogens (tertiary/aromatic N) is 3. The van der Waals surface area contributed by atoms with Gasteiger partial charge in [-0.3, -0.25) is 14.3 Å². The van der Waals surface area contributed by atoms with Gasteiger partial charge in [-0.25, -0.2) is 13.4 Å². The van der Waals surface area contributed by atoms with Crippen LogP contribution in [0.2, 0.25) is 0 Å². The van der Waals surface area contributed by atoms with Gasteiger partial charge in [0.1, 0.15) is 5.69 Å². The Balaban J connectivity index is 1.68. The van der Waals surface area contributed by atoms with Gasteiger partial charge in [0.2, 0.25) is 0 Å². The van der Waals surface area contributed by atoms with Crippen molar-refractivity contribution in [2.75, 3.05) is 11.6 Å². The van der Waals surface area contributed by atoms with Crippen molar-refractivity contribution in [2.24, 2.45) is 5.73 Å². The van der Waals surface area contributed by atoms with Gasteiger partial charge in [0.15, 0.2) is 15.5 Å². The number of primary amides is 1. The van der Waals surface area contributed by atoms with Gasteiger partial charge in [-0.05, 0) is 29.8 Å². The molecule has 0 saturated carbocycles. The van der Waals surface area contributed by atoms with Crippen LogP contribution in [0.5, 0.6) is 0 Å². The largest absolute Gasteiger partial charge is 0.437 e. The molecule has 0 fully saturated rings. The quantitative estimate of drug-likeness (QED) is 0.403. The summed E-state index contributed by atoms with van der Waals surface area (Å²) in [6.07, 6.45) is -2.82. The zero-order chi connectivity index (χ0) is 26.3. The highest BCUT2D eigenvalue weighted by Crippen LogP contribution is 2.34. The number of hydrogen-bond acceptors (Lipinski definition) is 6. The van der Waals surface area contributed by atoms with Crippen molar-refractivity contribution in [1.29, 1.82) is 0 Å². The Morgan fingerprint density at radius 2 is 1.75 bits per heavy atom. The lowest BCUT2D eigenvalue weighted by molar-refractivity contribution is -0.140. The molecule has 2 heterocycles. The molecule has 0 aliphatic rings. The third kappa shape index (κ3) is 5.20. The van der Waals surface area contributed by atoms with Crippen molar-refractivity contribution in [3.8, 4) is 0 Å². The molecule has 36 heavy (non-hydrogen) atoms. The Bertz CT molecular complexity index is 1600. The van der Waals surface area contributed by atoms with Crippen molar-refractivity contribution in [1.82, 2.24) is 14.8 Å². The average Bonchev–Trinajstić information content (AvgIpc) is 3.20. The molecule has 0 aliphatic heterocycles. The van der Waals surface area contributed by atoms with E-state index >= 15 is 0 Å². The molecule has 2 amide bonds. The third-order valence-electron chi connectivity index (χ3n) is 5.19. The number of para-hydroxylation sites is 1. The van der Waals surface area contributed by atoms with E-state index in [0.29, 0.717) is 10.9 Å². The minimum absolute atomic E-state index is 0.0653. The lowest BCUT2D eigenvalue weighted by Crippen LogP contribution is -2.19. The van der Waals surface area contributed by atoms with Gasteiger partial charge in [0.25, 0.3) is 11.8 Å². The van der Waals surface area contributed by atoms with E-state index in [4.69, 9.17) is 5.73 Å². The second kappa shape index (κ2) is 9.07. The number of alkyl halides is 3. The van der Waals surface area contributed by atoms with E-state index in [2.05, 4.69) is 15.4 Å². The molecule has 2 aromatic heterocycles. The van der Waals surface area contributed by atoms with Crippen molar-refractivity contribution in [3.05, 3.63) is 83.3 Å². The van der Waals surface area contributed by atoms with E-state index in [1.54, 1.807) is 12.1 Å². The number of nitrogens with one attached hydrogen (secondary N) is 1. The lowest BCUT2D eigenvalue weighted by atomic mass is 10.1. The second-order valence-electron chi connectivity index (χ2n) is 7.89. The summed E-state index contributed by atoms with van der Waals surface area (Å²) in [5.41, 5.74) is 3.82. The molecule has 0 bridgehead atoms. The molecular weight excluding hydrogens is 499 g/mol. The number of fused-ring (bicyclic) bond motifs is 1. The maximum atomic E-state index is 13.7. The fourth-order valence-corrected chi connectivity index (χ4v) is 4.14. The molecule has 0 aliphatic carbocycles. The first-order chi connectivity index (χ1) is 16.8. The van der Waals surface area contributed by atoms with E-state index in [9.17, 15) is 31.2 Å². The van der Waals surface area contributed by atoms with Gasteiger partial charge in [0, 0.05) is 17.8 Å². The first kappa shape index (κ1) is 24.9. The van der Waals surface area contributed by atoms with Crippen molar-refractivity contribution < 1.29 is 31.2 Å². The van der Waals surface area contributed by atoms with E-state index in [0.717, 1.165) is 23.2 Å². The first-order valence-corrected chi connectivity index (χ1v) is 12.2. The predicted octanol–water partition coefficient (Wildman–Crippen LogP) is 3.25. The number of halogens is 3. The second-order valence-corrected chi connectivity index (χ2v) is 9.91. The van der Waals surface area contributed by atoms with Gasteiger partial charge in [-0.15, -0.1) is 0 Å². The zero-order valence-corrected chi connectivity index (χ0v) is 19.4. The van der Waals surface area contributed by atoms with Crippen LogP contribution in [-0.2, 0) is 22.6 Å². The summed E-state index contributed by atoms with van der Waals surface area (Å²) < 4.78 is 65.3. The Kier molecular flexibility index (Phi) is 6.26. The van der Waals surface area contributed by atoms with E-state index in [-0.39, 0.29) is 28.2 Å². The average molecular weight is 517 g/mol. The molecule has 2 aromatic carbocycles. The van der Waals surface area contributed by atoms with Gasteiger partial charge in [-0.1, -0.05) is 30.3 Å². The molecule has 9 nitrogen and oxygen atoms in total. The molecule has 0 radical (unpaired) electrons. The molecule has 3 N–H and O–H groups in total. The first-order valence-electron chi connectivity index (χ1n) is 10.3. The Labute approximate surface area is 202 Å². The molecule has 0 unspecified atom stereocenters. The summed E-state index contributed by atoms with van der Waals surface area (Å²) in [7, 11) is -3.43. The van der Waals surface area contributed by atoms with Crippen molar-refractivity contribution >= 4 is 38.2 Å². The highest BCUT2D eigenvalue weighted by atomic mass is 32.2. The van der Waals surface area contributed by atoms with Crippen LogP contribution in [0, 0.1) is 0 Å². The zero-order valence-electron chi connectivity index (χ0n) is 18.6. The van der Waals surface area contributed by atoms with Crippen LogP contribution in [0.3, 0.4) is 0 Å². The standard InChI is InChI=1S/C23H18F3N5O4S/c1-36(34,35)14-8-6-13(7-9-14)11-31-12-19(20(30-31)23(24,25)26)29-22(33)16-10-18(21(27)32)28-17-5-3-2-4-15(16)17/h2-10,12H,11H2,1H3,(H2,27,32)(H,29,33). The normalized spacial score (nSPS) is 12.0. The third-order valence-corrected chi connectivity index (χ3v) is 6.32. The minimum atomic E-state index is -4.88. The Hall–Kier alpha value is -4.26. The van der Waals surface area contributed by atoms with E-state index in [1.807, 2.05) is 0 Å². The maximum Gasteiger partial charge on any atom is 0.437 e. The maximum absolute atomic E-state index is 13.7. The van der Waals surface area contributed by atoms with Crippen LogP contribution in [0.15, 0.2) is 65.7 Å². The highest BCUT2D eigenvalue weighted by Gasteiger charge is 2.38. The number of sulfone groups is 1. The molecule has 0 atom stereocenters. The van der Waals surface area contributed by atoms with Gasteiger partial charge >= 0.3 is 6.18 Å². The van der Waals surface area contributed by atoms with Crippen LogP contribution in [0.1, 0.15) is 32.1 Å². The van der Waals surface area contributed by atoms with Gasteiger partial charge in [-0.2, -0.15) is 18.3 Å². The summed E-state index contributed by atoms with van der Waals surface area (Å²) in [6, 6.07) is 13.0. The van der Waals surface area contributed by atoms with Gasteiger partial charge in [0.05, 0.1) is 28.2 Å². The SMILES string of the molecule is CS(=O)(=O)c1ccc(Cn2cc(NC(=O)c3cc(C(N)=O)nc4ccccc34)c(C(F)(F)F)n2)cc1. The summed E-state index contributed by atoms with van der Waals surface area (Å²) in [4.78, 5) is 28.8. The number of hydrogen-bond donors (Lipinski definition) is 2. The summed E-state index contributed by atoms with van der Waals surface area (Å²) in [5, 5.41) is 6.11. The van der Waals surface area contributed by atoms with Crippen LogP contribution < -0.4 is 11.1 Å². The fraction of sp³-hybridized carbons (Fsp3) is 0.130. The van der Waals surface area contributed by atoms with Crippen LogP contribution in [0.4, 0.5) is 18.9 Å². The number of rotatable bonds is 6. The number of nitrogens with two attached hydrogens (primary N) is 1. The van der Waals surface area contributed by atoms with Gasteiger partial charge < -0.3 is 11.1 Å². The number of aromatic nitrogens is 3. The number of anilines is 1. The fourth-order valence-electron chi connectivity index (χ4n) is 3.51. The topological polar surface area (TPSA) is 137 Å². The van der Waals surface area contributed by atoms with Crippen LogP contribution in [0.25, 0.3) is 10.9 Å². The molecule has 186 valence electrons. The number of amides is 2. The minimum Gasteiger partial charge on any atom is -0.364 e. The summed E-state index contributed by atoms with van der Waals surface area (Å²) >= 11 is 0. The highest BCUT2D eigenvalue weighted by molar-refractivity contribution is 7.90. The predicted molar refractivity (Wildman–Crippen MR) is 124 cm³/mol. The molecule has 4 aromatic rings. The molecule has 0 saturated heterocycles. The summed E-state index contributed by atoms with van der Waals surface area (Å²) in [5.74, 6) is -1.82. The Morgan fingerprint density at radius 3 is 2.36 bits per heavy atom. The lowest BCUT2D eigenvalue weighted by Gasteiger charge is -2.10. The number of carbonyl (C=O) groups is 2. The Morgan fingerprint density at radius 1 is 1.08 bits per heavy atom. The van der Waals surface area contributed by atoms with Crippen molar-refractivity contribution in [2.45, 2.75) is 17.6 Å². The monoisotopic (exact) mass is 517 g/mol. The number of benzene rings is 2.